The van der Waals surface area contributed by atoms with Gasteiger partial charge in [-0.3, -0.25) is 0 Å². The average molecular weight is 162 g/mol. The number of hydroxylamine groups is 2. The van der Waals surface area contributed by atoms with Crippen LogP contribution in [-0.2, 0) is 6.54 Å². The first-order chi connectivity index (χ1) is 4.68. The Morgan fingerprint density at radius 3 is 2.80 bits per heavy atom. The summed E-state index contributed by atoms with van der Waals surface area (Å²) < 4.78 is 4.96. The molecular formula is C6H8ClNO2. The largest absolute Gasteiger partial charge is 0.448 e. The van der Waals surface area contributed by atoms with Crippen LogP contribution in [0, 0.1) is 0 Å². The summed E-state index contributed by atoms with van der Waals surface area (Å²) in [4.78, 5) is 0. The van der Waals surface area contributed by atoms with Crippen LogP contribution in [-0.4, -0.2) is 17.3 Å². The van der Waals surface area contributed by atoms with Gasteiger partial charge >= 0.3 is 0 Å². The maximum atomic E-state index is 8.75. The summed E-state index contributed by atoms with van der Waals surface area (Å²) in [5, 5.41) is 10.1. The number of hydrogen-bond acceptors (Lipinski definition) is 3. The molecule has 0 amide bonds. The van der Waals surface area contributed by atoms with Crippen LogP contribution in [0.5, 0.6) is 0 Å². The highest BCUT2D eigenvalue weighted by Gasteiger charge is 2.00. The molecular weight excluding hydrogens is 154 g/mol. The van der Waals surface area contributed by atoms with Crippen molar-refractivity contribution in [2.45, 2.75) is 6.54 Å². The second-order valence-corrected chi connectivity index (χ2v) is 2.39. The van der Waals surface area contributed by atoms with Crippen LogP contribution in [0.2, 0.25) is 5.22 Å². The van der Waals surface area contributed by atoms with Crippen LogP contribution in [0.25, 0.3) is 0 Å². The summed E-state index contributed by atoms with van der Waals surface area (Å²) in [7, 11) is 1.54. The van der Waals surface area contributed by atoms with Gasteiger partial charge in [-0.2, -0.15) is 5.06 Å². The van der Waals surface area contributed by atoms with Gasteiger partial charge in [-0.1, -0.05) is 0 Å². The van der Waals surface area contributed by atoms with Crippen LogP contribution in [0.1, 0.15) is 5.76 Å². The van der Waals surface area contributed by atoms with E-state index in [9.17, 15) is 0 Å². The molecule has 0 aliphatic carbocycles. The maximum absolute atomic E-state index is 8.75. The number of nitrogens with zero attached hydrogens (tertiary/aromatic N) is 1. The van der Waals surface area contributed by atoms with Crippen molar-refractivity contribution in [3.05, 3.63) is 23.1 Å². The van der Waals surface area contributed by atoms with Crippen molar-refractivity contribution < 1.29 is 9.62 Å². The van der Waals surface area contributed by atoms with Gasteiger partial charge in [0, 0.05) is 7.05 Å². The molecule has 0 aliphatic heterocycles. The third-order valence-electron chi connectivity index (χ3n) is 1.01. The summed E-state index contributed by atoms with van der Waals surface area (Å²) >= 11 is 5.48. The number of halogens is 1. The van der Waals surface area contributed by atoms with E-state index in [1.807, 2.05) is 0 Å². The molecule has 0 saturated heterocycles. The Morgan fingerprint density at radius 2 is 2.40 bits per heavy atom. The summed E-state index contributed by atoms with van der Waals surface area (Å²) in [6, 6.07) is 3.36. The molecule has 1 N–H and O–H groups in total. The van der Waals surface area contributed by atoms with E-state index >= 15 is 0 Å². The maximum Gasteiger partial charge on any atom is 0.193 e. The van der Waals surface area contributed by atoms with E-state index < -0.39 is 0 Å². The fourth-order valence-electron chi connectivity index (χ4n) is 0.662. The SMILES string of the molecule is CN(O)Cc1ccc(Cl)o1. The van der Waals surface area contributed by atoms with Crippen molar-refractivity contribution in [1.29, 1.82) is 0 Å². The molecule has 0 radical (unpaired) electrons. The molecule has 1 heterocycles. The smallest absolute Gasteiger partial charge is 0.193 e. The summed E-state index contributed by atoms with van der Waals surface area (Å²) in [5.41, 5.74) is 0. The van der Waals surface area contributed by atoms with Crippen LogP contribution >= 0.6 is 11.6 Å². The van der Waals surface area contributed by atoms with Gasteiger partial charge < -0.3 is 9.62 Å². The van der Waals surface area contributed by atoms with E-state index in [1.54, 1.807) is 12.1 Å². The molecule has 0 saturated carbocycles. The Balaban J connectivity index is 2.58. The zero-order chi connectivity index (χ0) is 7.56. The van der Waals surface area contributed by atoms with Crippen molar-refractivity contribution in [1.82, 2.24) is 5.06 Å². The first-order valence-electron chi connectivity index (χ1n) is 2.82. The molecule has 0 aliphatic rings. The minimum Gasteiger partial charge on any atom is -0.448 e. The van der Waals surface area contributed by atoms with E-state index in [0.717, 1.165) is 5.06 Å². The Morgan fingerprint density at radius 1 is 1.70 bits per heavy atom. The first kappa shape index (κ1) is 7.60. The third kappa shape index (κ3) is 2.02. The average Bonchev–Trinajstić information content (AvgIpc) is 2.13. The van der Waals surface area contributed by atoms with Crippen LogP contribution in [0.4, 0.5) is 0 Å². The van der Waals surface area contributed by atoms with Gasteiger partial charge in [-0.15, -0.1) is 0 Å². The van der Waals surface area contributed by atoms with Crippen molar-refractivity contribution in [3.63, 3.8) is 0 Å². The minimum absolute atomic E-state index is 0.344. The van der Waals surface area contributed by atoms with Crippen molar-refractivity contribution in [3.8, 4) is 0 Å². The molecule has 0 bridgehead atoms. The third-order valence-corrected chi connectivity index (χ3v) is 1.22. The molecule has 0 fully saturated rings. The van der Waals surface area contributed by atoms with Gasteiger partial charge in [0.05, 0.1) is 6.54 Å². The highest BCUT2D eigenvalue weighted by molar-refractivity contribution is 6.28. The second-order valence-electron chi connectivity index (χ2n) is 2.02. The zero-order valence-electron chi connectivity index (χ0n) is 5.54. The van der Waals surface area contributed by atoms with Gasteiger partial charge in [0.25, 0.3) is 0 Å². The Kier molecular flexibility index (Phi) is 2.32. The molecule has 1 rings (SSSR count). The zero-order valence-corrected chi connectivity index (χ0v) is 6.30. The Labute approximate surface area is 63.8 Å². The lowest BCUT2D eigenvalue weighted by Gasteiger charge is -2.02. The van der Waals surface area contributed by atoms with Crippen molar-refractivity contribution in [2.24, 2.45) is 0 Å². The van der Waals surface area contributed by atoms with E-state index in [-0.39, 0.29) is 0 Å². The molecule has 0 aromatic carbocycles. The molecule has 1 aromatic rings. The van der Waals surface area contributed by atoms with Gasteiger partial charge in [0.1, 0.15) is 5.76 Å². The predicted octanol–water partition coefficient (Wildman–Crippen LogP) is 1.75. The normalized spacial score (nSPS) is 10.8. The van der Waals surface area contributed by atoms with E-state index in [1.165, 1.54) is 7.05 Å². The lowest BCUT2D eigenvalue weighted by molar-refractivity contribution is -0.0773. The lowest BCUT2D eigenvalue weighted by Crippen LogP contribution is -2.10. The quantitative estimate of drug-likeness (QED) is 0.672. The lowest BCUT2D eigenvalue weighted by atomic mass is 10.4. The molecule has 3 nitrogen and oxygen atoms in total. The summed E-state index contributed by atoms with van der Waals surface area (Å²) in [5.74, 6) is 0.648. The monoisotopic (exact) mass is 161 g/mol. The number of hydrogen-bond donors (Lipinski definition) is 1. The molecule has 0 unspecified atom stereocenters. The highest BCUT2D eigenvalue weighted by Crippen LogP contribution is 2.13. The topological polar surface area (TPSA) is 36.6 Å². The van der Waals surface area contributed by atoms with Crippen LogP contribution < -0.4 is 0 Å². The van der Waals surface area contributed by atoms with E-state index in [4.69, 9.17) is 21.2 Å². The van der Waals surface area contributed by atoms with Gasteiger partial charge in [-0.25, -0.2) is 0 Å². The second kappa shape index (κ2) is 3.05. The first-order valence-corrected chi connectivity index (χ1v) is 3.20. The number of rotatable bonds is 2. The van der Waals surface area contributed by atoms with Crippen LogP contribution in [0.15, 0.2) is 16.5 Å². The highest BCUT2D eigenvalue weighted by atomic mass is 35.5. The minimum atomic E-state index is 0.344. The Hall–Kier alpha value is -0.510. The standard InChI is InChI=1S/C6H8ClNO2/c1-8(9)4-5-2-3-6(7)10-5/h2-3,9H,4H2,1H3. The van der Waals surface area contributed by atoms with Gasteiger partial charge in [0.15, 0.2) is 5.22 Å². The Bertz CT molecular complexity index is 209. The number of furan rings is 1. The summed E-state index contributed by atoms with van der Waals surface area (Å²) in [6.45, 7) is 0.354. The van der Waals surface area contributed by atoms with E-state index in [2.05, 4.69) is 0 Å². The van der Waals surface area contributed by atoms with Gasteiger partial charge in [0.2, 0.25) is 0 Å². The fraction of sp³-hybridized carbons (Fsp3) is 0.333. The molecule has 10 heavy (non-hydrogen) atoms. The van der Waals surface area contributed by atoms with Gasteiger partial charge in [-0.05, 0) is 23.7 Å². The fourth-order valence-corrected chi connectivity index (χ4v) is 0.824. The molecule has 0 spiro atoms. The molecule has 1 aromatic heterocycles. The van der Waals surface area contributed by atoms with Crippen molar-refractivity contribution in [2.75, 3.05) is 7.05 Å². The predicted molar refractivity (Wildman–Crippen MR) is 37.0 cm³/mol. The van der Waals surface area contributed by atoms with Crippen LogP contribution in [0.3, 0.4) is 0 Å². The summed E-state index contributed by atoms with van der Waals surface area (Å²) in [6.07, 6.45) is 0. The molecule has 56 valence electrons. The molecule has 4 heteroatoms. The van der Waals surface area contributed by atoms with Crippen molar-refractivity contribution >= 4 is 11.6 Å². The van der Waals surface area contributed by atoms with E-state index in [0.29, 0.717) is 17.5 Å². The molecule has 0 atom stereocenters.